The Morgan fingerprint density at radius 2 is 1.61 bits per heavy atom. The number of hydrogen-bond donors (Lipinski definition) is 1. The van der Waals surface area contributed by atoms with Crippen LogP contribution in [0, 0.1) is 0 Å². The van der Waals surface area contributed by atoms with Gasteiger partial charge in [0.05, 0.1) is 25.9 Å². The molecule has 1 unspecified atom stereocenters. The third-order valence-corrected chi connectivity index (χ3v) is 7.00. The summed E-state index contributed by atoms with van der Waals surface area (Å²) >= 11 is 0. The molecule has 1 atom stereocenters. The Hall–Kier alpha value is -3.85. The van der Waals surface area contributed by atoms with E-state index in [0.717, 1.165) is 48.6 Å². The minimum absolute atomic E-state index is 0.0150. The second-order valence-electron chi connectivity index (χ2n) is 9.11. The molecule has 5 rings (SSSR count). The molecular formula is C27H31N5O4. The summed E-state index contributed by atoms with van der Waals surface area (Å²) in [5.41, 5.74) is 3.51. The molecule has 2 aromatic carbocycles. The van der Waals surface area contributed by atoms with Gasteiger partial charge in [-0.2, -0.15) is 0 Å². The number of amides is 2. The predicted octanol–water partition coefficient (Wildman–Crippen LogP) is 3.52. The number of hydrogen-bond acceptors (Lipinski definition) is 6. The zero-order chi connectivity index (χ0) is 25.2. The minimum atomic E-state index is -0.164. The van der Waals surface area contributed by atoms with Crippen molar-refractivity contribution in [2.24, 2.45) is 0 Å². The van der Waals surface area contributed by atoms with E-state index in [2.05, 4.69) is 15.3 Å². The van der Waals surface area contributed by atoms with Crippen molar-refractivity contribution in [2.75, 3.05) is 44.1 Å². The first-order valence-corrected chi connectivity index (χ1v) is 12.3. The summed E-state index contributed by atoms with van der Waals surface area (Å²) < 4.78 is 12.4. The van der Waals surface area contributed by atoms with Gasteiger partial charge in [-0.1, -0.05) is 0 Å². The average Bonchev–Trinajstić information content (AvgIpc) is 3.58. The third-order valence-electron chi connectivity index (χ3n) is 7.00. The summed E-state index contributed by atoms with van der Waals surface area (Å²) in [6.07, 6.45) is 2.90. The first kappa shape index (κ1) is 23.9. The maximum atomic E-state index is 13.7. The van der Waals surface area contributed by atoms with Gasteiger partial charge < -0.3 is 19.7 Å². The van der Waals surface area contributed by atoms with Crippen LogP contribution < -0.4 is 19.7 Å². The van der Waals surface area contributed by atoms with Crippen LogP contribution in [0.25, 0.3) is 5.69 Å². The van der Waals surface area contributed by atoms with Gasteiger partial charge in [0.15, 0.2) is 0 Å². The number of fused-ring (bicyclic) bond motifs is 1. The Kier molecular flexibility index (Phi) is 6.65. The van der Waals surface area contributed by atoms with Crippen molar-refractivity contribution in [3.63, 3.8) is 0 Å². The predicted molar refractivity (Wildman–Crippen MR) is 137 cm³/mol. The van der Waals surface area contributed by atoms with Gasteiger partial charge in [-0.15, -0.1) is 5.10 Å². The highest BCUT2D eigenvalue weighted by Gasteiger charge is 2.34. The summed E-state index contributed by atoms with van der Waals surface area (Å²) in [5.74, 6) is 1.02. The van der Waals surface area contributed by atoms with Crippen LogP contribution in [0.3, 0.4) is 0 Å². The number of nitrogens with zero attached hydrogens (tertiary/aromatic N) is 4. The van der Waals surface area contributed by atoms with E-state index < -0.39 is 0 Å². The highest BCUT2D eigenvalue weighted by Crippen LogP contribution is 2.32. The molecule has 2 aliphatic rings. The zero-order valence-corrected chi connectivity index (χ0v) is 20.9. The van der Waals surface area contributed by atoms with E-state index in [-0.39, 0.29) is 17.9 Å². The van der Waals surface area contributed by atoms with Crippen molar-refractivity contribution in [2.45, 2.75) is 32.2 Å². The lowest BCUT2D eigenvalue weighted by Crippen LogP contribution is -2.40. The van der Waals surface area contributed by atoms with Crippen molar-refractivity contribution in [3.05, 3.63) is 59.8 Å². The molecule has 3 heterocycles. The molecule has 0 bridgehead atoms. The summed E-state index contributed by atoms with van der Waals surface area (Å²) in [5, 5.41) is 7.57. The fourth-order valence-corrected chi connectivity index (χ4v) is 4.92. The molecule has 0 aliphatic carbocycles. The number of carbonyl (C=O) groups excluding carboxylic acids is 2. The van der Waals surface area contributed by atoms with E-state index in [0.29, 0.717) is 30.2 Å². The van der Waals surface area contributed by atoms with Crippen molar-refractivity contribution >= 4 is 23.2 Å². The Morgan fingerprint density at radius 3 is 2.25 bits per heavy atom. The molecule has 1 N–H and O–H groups in total. The summed E-state index contributed by atoms with van der Waals surface area (Å²) in [4.78, 5) is 30.3. The number of methoxy groups -OCH3 is 2. The molecule has 0 spiro atoms. The summed E-state index contributed by atoms with van der Waals surface area (Å²) in [7, 11) is 3.18. The van der Waals surface area contributed by atoms with E-state index in [1.807, 2.05) is 55.5 Å². The maximum absolute atomic E-state index is 13.7. The van der Waals surface area contributed by atoms with Crippen LogP contribution in [0.5, 0.6) is 11.6 Å². The van der Waals surface area contributed by atoms with Gasteiger partial charge in [0, 0.05) is 23.5 Å². The van der Waals surface area contributed by atoms with Crippen LogP contribution in [-0.4, -0.2) is 66.4 Å². The number of benzene rings is 2. The Morgan fingerprint density at radius 1 is 0.944 bits per heavy atom. The van der Waals surface area contributed by atoms with Crippen LogP contribution in [0.2, 0.25) is 0 Å². The van der Waals surface area contributed by atoms with E-state index in [1.165, 1.54) is 0 Å². The van der Waals surface area contributed by atoms with E-state index in [1.54, 1.807) is 23.8 Å². The second-order valence-corrected chi connectivity index (χ2v) is 9.11. The standard InChI is InChI=1S/C27H31N5O4/c1-18(30-15-4-5-16-30)25(33)28-19-6-8-20(9-7-19)31-17-14-23-24(27(31)34)32(29-26(23)36-3)21-10-12-22(35-2)13-11-21/h6-13,18H,4-5,14-17H2,1-3H3,(H,28,33). The SMILES string of the molecule is COc1ccc(-n2nc(OC)c3c2C(=O)N(c2ccc(NC(=O)C(C)N4CCCC4)cc2)CC3)cc1. The van der Waals surface area contributed by atoms with E-state index >= 15 is 0 Å². The van der Waals surface area contributed by atoms with Gasteiger partial charge in [-0.05, 0) is 87.8 Å². The Labute approximate surface area is 210 Å². The fraction of sp³-hybridized carbons (Fsp3) is 0.370. The van der Waals surface area contributed by atoms with E-state index in [4.69, 9.17) is 9.47 Å². The molecule has 0 radical (unpaired) electrons. The summed E-state index contributed by atoms with van der Waals surface area (Å²) in [6.45, 7) is 4.38. The molecule has 0 saturated carbocycles. The van der Waals surface area contributed by atoms with Gasteiger partial charge in [0.2, 0.25) is 11.8 Å². The molecule has 1 aromatic heterocycles. The van der Waals surface area contributed by atoms with Crippen molar-refractivity contribution in [1.29, 1.82) is 0 Å². The minimum Gasteiger partial charge on any atom is -0.497 e. The number of rotatable bonds is 7. The molecular weight excluding hydrogens is 458 g/mol. The number of anilines is 2. The van der Waals surface area contributed by atoms with Gasteiger partial charge in [0.1, 0.15) is 11.4 Å². The first-order valence-electron chi connectivity index (χ1n) is 12.3. The van der Waals surface area contributed by atoms with Crippen LogP contribution >= 0.6 is 0 Å². The molecule has 188 valence electrons. The Bertz CT molecular complexity index is 1250. The highest BCUT2D eigenvalue weighted by molar-refractivity contribution is 6.08. The smallest absolute Gasteiger partial charge is 0.277 e. The molecule has 36 heavy (non-hydrogen) atoms. The largest absolute Gasteiger partial charge is 0.497 e. The number of likely N-dealkylation sites (tertiary alicyclic amines) is 1. The van der Waals surface area contributed by atoms with Crippen molar-refractivity contribution < 1.29 is 19.1 Å². The van der Waals surface area contributed by atoms with Crippen LogP contribution in [0.15, 0.2) is 48.5 Å². The van der Waals surface area contributed by atoms with Crippen LogP contribution in [0.4, 0.5) is 11.4 Å². The van der Waals surface area contributed by atoms with Crippen molar-refractivity contribution in [3.8, 4) is 17.3 Å². The highest BCUT2D eigenvalue weighted by atomic mass is 16.5. The molecule has 1 saturated heterocycles. The molecule has 2 amide bonds. The van der Waals surface area contributed by atoms with E-state index in [9.17, 15) is 9.59 Å². The van der Waals surface area contributed by atoms with Crippen LogP contribution in [-0.2, 0) is 11.2 Å². The molecule has 9 nitrogen and oxygen atoms in total. The molecule has 2 aliphatic heterocycles. The average molecular weight is 490 g/mol. The lowest BCUT2D eigenvalue weighted by atomic mass is 10.0. The normalized spacial score (nSPS) is 16.5. The second kappa shape index (κ2) is 10.0. The third kappa shape index (κ3) is 4.42. The molecule has 1 fully saturated rings. The molecule has 3 aromatic rings. The topological polar surface area (TPSA) is 88.9 Å². The van der Waals surface area contributed by atoms with Crippen LogP contribution in [0.1, 0.15) is 35.8 Å². The van der Waals surface area contributed by atoms with Gasteiger partial charge >= 0.3 is 0 Å². The number of aromatic nitrogens is 2. The number of carbonyl (C=O) groups is 2. The van der Waals surface area contributed by atoms with Gasteiger partial charge in [-0.3, -0.25) is 14.5 Å². The van der Waals surface area contributed by atoms with Crippen molar-refractivity contribution in [1.82, 2.24) is 14.7 Å². The lowest BCUT2D eigenvalue weighted by molar-refractivity contribution is -0.120. The number of nitrogens with one attached hydrogen (secondary N) is 1. The monoisotopic (exact) mass is 489 g/mol. The molecule has 9 heteroatoms. The number of ether oxygens (including phenoxy) is 2. The van der Waals surface area contributed by atoms with Gasteiger partial charge in [0.25, 0.3) is 5.91 Å². The fourth-order valence-electron chi connectivity index (χ4n) is 4.92. The zero-order valence-electron chi connectivity index (χ0n) is 20.9. The maximum Gasteiger partial charge on any atom is 0.277 e. The summed E-state index contributed by atoms with van der Waals surface area (Å²) in [6, 6.07) is 14.6. The van der Waals surface area contributed by atoms with Gasteiger partial charge in [-0.25, -0.2) is 4.68 Å². The Balaban J connectivity index is 1.36. The lowest BCUT2D eigenvalue weighted by Gasteiger charge is -2.28. The quantitative estimate of drug-likeness (QED) is 0.546. The first-order chi connectivity index (χ1) is 17.5.